The zero-order valence-electron chi connectivity index (χ0n) is 10.8. The third-order valence-electron chi connectivity index (χ3n) is 2.97. The van der Waals surface area contributed by atoms with Crippen LogP contribution in [0.25, 0.3) is 0 Å². The summed E-state index contributed by atoms with van der Waals surface area (Å²) in [6, 6.07) is 4.15. The Bertz CT molecular complexity index is 383. The number of benzene rings is 1. The van der Waals surface area contributed by atoms with E-state index in [4.69, 9.17) is 14.2 Å². The number of hydrogen-bond donors (Lipinski definition) is 0. The summed E-state index contributed by atoms with van der Waals surface area (Å²) in [5.74, 6) is 1.64. The Morgan fingerprint density at radius 2 is 2.12 bits per heavy atom. The normalized spacial score (nSPS) is 17.9. The van der Waals surface area contributed by atoms with Crippen LogP contribution in [0, 0.1) is 6.92 Å². The second kappa shape index (κ2) is 5.41. The van der Waals surface area contributed by atoms with Gasteiger partial charge in [0.15, 0.2) is 11.5 Å². The van der Waals surface area contributed by atoms with Crippen molar-refractivity contribution in [2.45, 2.75) is 32.8 Å². The molecule has 17 heavy (non-hydrogen) atoms. The number of aryl methyl sites for hydroxylation is 2. The Hall–Kier alpha value is -1.22. The molecule has 0 aliphatic carbocycles. The molecular weight excluding hydrogens is 216 g/mol. The molecular formula is C14H20O3. The largest absolute Gasteiger partial charge is 0.493 e. The van der Waals surface area contributed by atoms with Crippen molar-refractivity contribution in [2.75, 3.05) is 20.3 Å². The maximum Gasteiger partial charge on any atom is 0.161 e. The molecule has 3 nitrogen and oxygen atoms in total. The molecule has 0 aromatic heterocycles. The Labute approximate surface area is 103 Å². The summed E-state index contributed by atoms with van der Waals surface area (Å²) in [5.41, 5.74) is 2.60. The smallest absolute Gasteiger partial charge is 0.161 e. The van der Waals surface area contributed by atoms with Crippen molar-refractivity contribution in [1.29, 1.82) is 0 Å². The number of epoxide rings is 1. The minimum absolute atomic E-state index is 0.273. The molecule has 1 unspecified atom stereocenters. The van der Waals surface area contributed by atoms with Crippen LogP contribution >= 0.6 is 0 Å². The topological polar surface area (TPSA) is 31.0 Å². The molecule has 2 rings (SSSR count). The van der Waals surface area contributed by atoms with Gasteiger partial charge < -0.3 is 14.2 Å². The average molecular weight is 236 g/mol. The molecule has 1 saturated heterocycles. The molecule has 0 spiro atoms. The third kappa shape index (κ3) is 3.13. The fourth-order valence-electron chi connectivity index (χ4n) is 1.86. The second-order valence-electron chi connectivity index (χ2n) is 4.45. The molecule has 0 saturated carbocycles. The van der Waals surface area contributed by atoms with Gasteiger partial charge in [0.1, 0.15) is 12.7 Å². The highest BCUT2D eigenvalue weighted by molar-refractivity contribution is 5.47. The van der Waals surface area contributed by atoms with E-state index in [2.05, 4.69) is 26.0 Å². The predicted octanol–water partition coefficient (Wildman–Crippen LogP) is 2.73. The maximum absolute atomic E-state index is 5.72. The highest BCUT2D eigenvalue weighted by Gasteiger charge is 2.23. The second-order valence-corrected chi connectivity index (χ2v) is 4.45. The molecule has 0 bridgehead atoms. The van der Waals surface area contributed by atoms with Gasteiger partial charge in [-0.3, -0.25) is 0 Å². The minimum Gasteiger partial charge on any atom is -0.493 e. The lowest BCUT2D eigenvalue weighted by molar-refractivity contribution is 0.252. The molecule has 1 aliphatic heterocycles. The van der Waals surface area contributed by atoms with Gasteiger partial charge in [-0.1, -0.05) is 13.3 Å². The minimum atomic E-state index is 0.273. The van der Waals surface area contributed by atoms with Crippen molar-refractivity contribution in [3.05, 3.63) is 23.3 Å². The van der Waals surface area contributed by atoms with Gasteiger partial charge in [0.2, 0.25) is 0 Å². The zero-order valence-corrected chi connectivity index (χ0v) is 10.8. The average Bonchev–Trinajstić information content (AvgIpc) is 3.13. The lowest BCUT2D eigenvalue weighted by atomic mass is 10.0. The molecule has 94 valence electrons. The van der Waals surface area contributed by atoms with Gasteiger partial charge in [0, 0.05) is 0 Å². The van der Waals surface area contributed by atoms with E-state index in [1.165, 1.54) is 11.1 Å². The number of methoxy groups -OCH3 is 1. The first kappa shape index (κ1) is 12.2. The molecule has 0 radical (unpaired) electrons. The number of ether oxygens (including phenoxy) is 3. The van der Waals surface area contributed by atoms with Crippen molar-refractivity contribution < 1.29 is 14.2 Å². The number of rotatable bonds is 6. The zero-order chi connectivity index (χ0) is 12.3. The summed E-state index contributed by atoms with van der Waals surface area (Å²) >= 11 is 0. The molecule has 1 aromatic carbocycles. The molecule has 1 atom stereocenters. The third-order valence-corrected chi connectivity index (χ3v) is 2.97. The maximum atomic E-state index is 5.72. The van der Waals surface area contributed by atoms with Gasteiger partial charge in [0.05, 0.1) is 13.7 Å². The van der Waals surface area contributed by atoms with Crippen molar-refractivity contribution >= 4 is 0 Å². The molecule has 1 aromatic rings. The lowest BCUT2D eigenvalue weighted by Gasteiger charge is -2.13. The first-order valence-electron chi connectivity index (χ1n) is 6.16. The van der Waals surface area contributed by atoms with Crippen molar-refractivity contribution in [1.82, 2.24) is 0 Å². The van der Waals surface area contributed by atoms with Crippen LogP contribution in [0.2, 0.25) is 0 Å². The summed E-state index contributed by atoms with van der Waals surface area (Å²) in [7, 11) is 1.68. The Morgan fingerprint density at radius 1 is 1.35 bits per heavy atom. The van der Waals surface area contributed by atoms with Crippen LogP contribution in [-0.2, 0) is 11.2 Å². The van der Waals surface area contributed by atoms with Gasteiger partial charge in [0.25, 0.3) is 0 Å². The lowest BCUT2D eigenvalue weighted by Crippen LogP contribution is -2.06. The van der Waals surface area contributed by atoms with E-state index in [9.17, 15) is 0 Å². The molecule has 1 heterocycles. The summed E-state index contributed by atoms with van der Waals surface area (Å²) in [5, 5.41) is 0. The van der Waals surface area contributed by atoms with E-state index in [0.717, 1.165) is 30.9 Å². The van der Waals surface area contributed by atoms with Gasteiger partial charge in [-0.15, -0.1) is 0 Å². The van der Waals surface area contributed by atoms with Crippen LogP contribution < -0.4 is 9.47 Å². The Kier molecular flexibility index (Phi) is 3.89. The van der Waals surface area contributed by atoms with Crippen LogP contribution in [0.5, 0.6) is 11.5 Å². The molecule has 3 heteroatoms. The summed E-state index contributed by atoms with van der Waals surface area (Å²) in [4.78, 5) is 0. The van der Waals surface area contributed by atoms with Crippen molar-refractivity contribution in [3.8, 4) is 11.5 Å². The first-order chi connectivity index (χ1) is 8.24. The summed E-state index contributed by atoms with van der Waals surface area (Å²) < 4.78 is 16.2. The van der Waals surface area contributed by atoms with Crippen LogP contribution in [0.4, 0.5) is 0 Å². The highest BCUT2D eigenvalue weighted by atomic mass is 16.6. The van der Waals surface area contributed by atoms with Crippen LogP contribution in [-0.4, -0.2) is 26.4 Å². The number of hydrogen-bond acceptors (Lipinski definition) is 3. The van der Waals surface area contributed by atoms with E-state index in [0.29, 0.717) is 6.61 Å². The highest BCUT2D eigenvalue weighted by Crippen LogP contribution is 2.31. The summed E-state index contributed by atoms with van der Waals surface area (Å²) in [6.07, 6.45) is 2.49. The van der Waals surface area contributed by atoms with E-state index >= 15 is 0 Å². The molecule has 1 aliphatic rings. The van der Waals surface area contributed by atoms with Crippen LogP contribution in [0.1, 0.15) is 24.5 Å². The van der Waals surface area contributed by atoms with Gasteiger partial charge in [-0.25, -0.2) is 0 Å². The van der Waals surface area contributed by atoms with Crippen LogP contribution in [0.15, 0.2) is 12.1 Å². The molecule has 0 N–H and O–H groups in total. The summed E-state index contributed by atoms with van der Waals surface area (Å²) in [6.45, 7) is 5.73. The van der Waals surface area contributed by atoms with Crippen LogP contribution in [0.3, 0.4) is 0 Å². The quantitative estimate of drug-likeness (QED) is 0.712. The predicted molar refractivity (Wildman–Crippen MR) is 67.0 cm³/mol. The van der Waals surface area contributed by atoms with Gasteiger partial charge in [-0.05, 0) is 36.6 Å². The fraction of sp³-hybridized carbons (Fsp3) is 0.571. The van der Waals surface area contributed by atoms with E-state index in [-0.39, 0.29) is 6.10 Å². The fourth-order valence-corrected chi connectivity index (χ4v) is 1.86. The van der Waals surface area contributed by atoms with Gasteiger partial charge >= 0.3 is 0 Å². The Morgan fingerprint density at radius 3 is 2.71 bits per heavy atom. The first-order valence-corrected chi connectivity index (χ1v) is 6.16. The Balaban J connectivity index is 2.14. The van der Waals surface area contributed by atoms with Crippen molar-refractivity contribution in [2.24, 2.45) is 0 Å². The van der Waals surface area contributed by atoms with E-state index in [1.54, 1.807) is 7.11 Å². The SMILES string of the molecule is CCCc1cc(OC)c(OCC2CO2)cc1C. The van der Waals surface area contributed by atoms with Crippen molar-refractivity contribution in [3.63, 3.8) is 0 Å². The molecule has 0 amide bonds. The molecule has 1 fully saturated rings. The van der Waals surface area contributed by atoms with E-state index in [1.807, 2.05) is 0 Å². The monoisotopic (exact) mass is 236 g/mol. The van der Waals surface area contributed by atoms with Gasteiger partial charge in [-0.2, -0.15) is 0 Å². The van der Waals surface area contributed by atoms with E-state index < -0.39 is 0 Å². The standard InChI is InChI=1S/C14H20O3/c1-4-5-11-7-13(15-3)14(6-10(11)2)17-9-12-8-16-12/h6-7,12H,4-5,8-9H2,1-3H3.